The Morgan fingerprint density at radius 3 is 2.73 bits per heavy atom. The van der Waals surface area contributed by atoms with Crippen molar-refractivity contribution >= 4 is 5.91 Å². The van der Waals surface area contributed by atoms with Gasteiger partial charge in [-0.1, -0.05) is 13.8 Å². The van der Waals surface area contributed by atoms with Gasteiger partial charge >= 0.3 is 0 Å². The van der Waals surface area contributed by atoms with Crippen LogP contribution in [0.5, 0.6) is 0 Å². The Kier molecular flexibility index (Phi) is 4.34. The molecular formula is C11H19N3O. The van der Waals surface area contributed by atoms with E-state index >= 15 is 0 Å². The number of carbonyl (C=O) groups excluding carboxylic acids is 1. The summed E-state index contributed by atoms with van der Waals surface area (Å²) in [5, 5.41) is 7.00. The minimum Gasteiger partial charge on any atom is -0.353 e. The van der Waals surface area contributed by atoms with E-state index in [1.54, 1.807) is 10.9 Å². The van der Waals surface area contributed by atoms with Crippen molar-refractivity contribution in [1.29, 1.82) is 0 Å². The van der Waals surface area contributed by atoms with E-state index in [0.717, 1.165) is 0 Å². The fourth-order valence-electron chi connectivity index (χ4n) is 1.14. The molecule has 1 N–H and O–H groups in total. The summed E-state index contributed by atoms with van der Waals surface area (Å²) in [7, 11) is 0. The summed E-state index contributed by atoms with van der Waals surface area (Å²) in [6, 6.07) is 2.09. The van der Waals surface area contributed by atoms with E-state index in [4.69, 9.17) is 0 Å². The number of aromatic nitrogens is 2. The van der Waals surface area contributed by atoms with Gasteiger partial charge in [-0.2, -0.15) is 5.10 Å². The molecule has 0 fully saturated rings. The van der Waals surface area contributed by atoms with E-state index in [1.165, 1.54) is 0 Å². The van der Waals surface area contributed by atoms with Crippen molar-refractivity contribution in [2.45, 2.75) is 39.8 Å². The van der Waals surface area contributed by atoms with Crippen molar-refractivity contribution in [2.24, 2.45) is 5.92 Å². The molecule has 1 unspecified atom stereocenters. The molecule has 0 aliphatic heterocycles. The van der Waals surface area contributed by atoms with Gasteiger partial charge < -0.3 is 5.32 Å². The van der Waals surface area contributed by atoms with Crippen molar-refractivity contribution in [3.05, 3.63) is 18.5 Å². The van der Waals surface area contributed by atoms with Gasteiger partial charge in [-0.3, -0.25) is 9.48 Å². The highest BCUT2D eigenvalue weighted by atomic mass is 16.1. The fraction of sp³-hybridized carbons (Fsp3) is 0.636. The van der Waals surface area contributed by atoms with Crippen LogP contribution in [0.25, 0.3) is 0 Å². The number of carbonyl (C=O) groups is 1. The van der Waals surface area contributed by atoms with Gasteiger partial charge in [-0.15, -0.1) is 0 Å². The van der Waals surface area contributed by atoms with Crippen LogP contribution in [-0.4, -0.2) is 21.7 Å². The minimum atomic E-state index is 0.0895. The monoisotopic (exact) mass is 209 g/mol. The zero-order valence-corrected chi connectivity index (χ0v) is 9.60. The second-order valence-corrected chi connectivity index (χ2v) is 4.12. The maximum atomic E-state index is 11.5. The number of aryl methyl sites for hydroxylation is 1. The van der Waals surface area contributed by atoms with Crippen LogP contribution in [-0.2, 0) is 11.3 Å². The van der Waals surface area contributed by atoms with E-state index in [-0.39, 0.29) is 11.9 Å². The van der Waals surface area contributed by atoms with Gasteiger partial charge in [0.2, 0.25) is 5.91 Å². The molecule has 0 aromatic carbocycles. The Morgan fingerprint density at radius 1 is 1.47 bits per heavy atom. The Morgan fingerprint density at radius 2 is 2.20 bits per heavy atom. The summed E-state index contributed by atoms with van der Waals surface area (Å²) in [6.45, 7) is 6.86. The molecule has 1 heterocycles. The Bertz CT molecular complexity index is 293. The normalized spacial score (nSPS) is 12.8. The molecule has 15 heavy (non-hydrogen) atoms. The molecule has 0 bridgehead atoms. The summed E-state index contributed by atoms with van der Waals surface area (Å²) < 4.78 is 1.76. The van der Waals surface area contributed by atoms with E-state index < -0.39 is 0 Å². The molecule has 0 saturated carbocycles. The topological polar surface area (TPSA) is 46.9 Å². The van der Waals surface area contributed by atoms with E-state index in [1.807, 2.05) is 19.2 Å². The third-order valence-corrected chi connectivity index (χ3v) is 2.52. The maximum absolute atomic E-state index is 11.5. The fourth-order valence-corrected chi connectivity index (χ4v) is 1.14. The molecule has 1 rings (SSSR count). The van der Waals surface area contributed by atoms with Crippen LogP contribution in [0.15, 0.2) is 18.5 Å². The first-order valence-corrected chi connectivity index (χ1v) is 5.36. The lowest BCUT2D eigenvalue weighted by Gasteiger charge is -2.17. The number of hydrogen-bond acceptors (Lipinski definition) is 2. The number of nitrogens with one attached hydrogen (secondary N) is 1. The predicted octanol–water partition coefficient (Wildman–Crippen LogP) is 1.43. The van der Waals surface area contributed by atoms with Crippen molar-refractivity contribution in [3.8, 4) is 0 Å². The zero-order valence-electron chi connectivity index (χ0n) is 9.60. The third kappa shape index (κ3) is 4.14. The SMILES string of the molecule is CC(C)C(C)NC(=O)CCn1cccn1. The molecule has 0 aliphatic rings. The predicted molar refractivity (Wildman–Crippen MR) is 59.3 cm³/mol. The highest BCUT2D eigenvalue weighted by molar-refractivity contribution is 5.76. The number of amides is 1. The summed E-state index contributed by atoms with van der Waals surface area (Å²) in [5.41, 5.74) is 0. The molecular weight excluding hydrogens is 190 g/mol. The molecule has 4 nitrogen and oxygen atoms in total. The lowest BCUT2D eigenvalue weighted by Crippen LogP contribution is -2.36. The summed E-state index contributed by atoms with van der Waals surface area (Å²) in [5.74, 6) is 0.561. The van der Waals surface area contributed by atoms with Crippen LogP contribution in [0, 0.1) is 5.92 Å². The first kappa shape index (κ1) is 11.8. The number of nitrogens with zero attached hydrogens (tertiary/aromatic N) is 2. The van der Waals surface area contributed by atoms with Crippen LogP contribution < -0.4 is 5.32 Å². The number of hydrogen-bond donors (Lipinski definition) is 1. The van der Waals surface area contributed by atoms with Crippen LogP contribution in [0.4, 0.5) is 0 Å². The van der Waals surface area contributed by atoms with Crippen molar-refractivity contribution in [2.75, 3.05) is 0 Å². The molecule has 0 radical (unpaired) electrons. The lowest BCUT2D eigenvalue weighted by atomic mass is 10.1. The van der Waals surface area contributed by atoms with Gasteiger partial charge in [0.15, 0.2) is 0 Å². The largest absolute Gasteiger partial charge is 0.353 e. The van der Waals surface area contributed by atoms with Crippen molar-refractivity contribution in [1.82, 2.24) is 15.1 Å². The lowest BCUT2D eigenvalue weighted by molar-refractivity contribution is -0.122. The number of rotatable bonds is 5. The average molecular weight is 209 g/mol. The van der Waals surface area contributed by atoms with Gasteiger partial charge in [0, 0.05) is 31.4 Å². The van der Waals surface area contributed by atoms with E-state index in [0.29, 0.717) is 18.9 Å². The summed E-state index contributed by atoms with van der Waals surface area (Å²) >= 11 is 0. The first-order valence-electron chi connectivity index (χ1n) is 5.36. The van der Waals surface area contributed by atoms with E-state index in [9.17, 15) is 4.79 Å². The average Bonchev–Trinajstić information content (AvgIpc) is 2.66. The molecule has 1 atom stereocenters. The standard InChI is InChI=1S/C11H19N3O/c1-9(2)10(3)13-11(15)5-8-14-7-4-6-12-14/h4,6-7,9-10H,5,8H2,1-3H3,(H,13,15). The smallest absolute Gasteiger partial charge is 0.222 e. The Labute approximate surface area is 90.7 Å². The highest BCUT2D eigenvalue weighted by Gasteiger charge is 2.10. The van der Waals surface area contributed by atoms with Gasteiger partial charge in [-0.05, 0) is 18.9 Å². The summed E-state index contributed by atoms with van der Waals surface area (Å²) in [6.07, 6.45) is 4.06. The Hall–Kier alpha value is -1.32. The second kappa shape index (κ2) is 5.53. The second-order valence-electron chi connectivity index (χ2n) is 4.12. The van der Waals surface area contributed by atoms with Gasteiger partial charge in [-0.25, -0.2) is 0 Å². The van der Waals surface area contributed by atoms with Gasteiger partial charge in [0.1, 0.15) is 0 Å². The van der Waals surface area contributed by atoms with Gasteiger partial charge in [0.25, 0.3) is 0 Å². The first-order chi connectivity index (χ1) is 7.09. The summed E-state index contributed by atoms with van der Waals surface area (Å²) in [4.78, 5) is 11.5. The van der Waals surface area contributed by atoms with Gasteiger partial charge in [0.05, 0.1) is 0 Å². The van der Waals surface area contributed by atoms with Crippen LogP contribution in [0.2, 0.25) is 0 Å². The molecule has 1 aromatic rings. The molecule has 84 valence electrons. The molecule has 1 aromatic heterocycles. The van der Waals surface area contributed by atoms with Crippen molar-refractivity contribution < 1.29 is 4.79 Å². The van der Waals surface area contributed by atoms with E-state index in [2.05, 4.69) is 24.3 Å². The van der Waals surface area contributed by atoms with Crippen LogP contribution in [0.1, 0.15) is 27.2 Å². The quantitative estimate of drug-likeness (QED) is 0.797. The molecule has 0 spiro atoms. The zero-order chi connectivity index (χ0) is 11.3. The molecule has 4 heteroatoms. The molecule has 1 amide bonds. The Balaban J connectivity index is 2.25. The maximum Gasteiger partial charge on any atom is 0.222 e. The highest BCUT2D eigenvalue weighted by Crippen LogP contribution is 2.00. The van der Waals surface area contributed by atoms with Crippen molar-refractivity contribution in [3.63, 3.8) is 0 Å². The van der Waals surface area contributed by atoms with Crippen LogP contribution >= 0.6 is 0 Å². The third-order valence-electron chi connectivity index (χ3n) is 2.52. The minimum absolute atomic E-state index is 0.0895. The molecule has 0 saturated heterocycles. The molecule has 0 aliphatic carbocycles. The van der Waals surface area contributed by atoms with Crippen LogP contribution in [0.3, 0.4) is 0 Å².